The number of urea groups is 1. The van der Waals surface area contributed by atoms with Crippen LogP contribution in [0.5, 0.6) is 5.75 Å². The van der Waals surface area contributed by atoms with E-state index in [1.807, 2.05) is 6.92 Å². The van der Waals surface area contributed by atoms with Crippen molar-refractivity contribution in [1.82, 2.24) is 4.90 Å². The van der Waals surface area contributed by atoms with Crippen molar-refractivity contribution in [2.75, 3.05) is 25.5 Å². The zero-order chi connectivity index (χ0) is 16.8. The number of benzene rings is 1. The van der Waals surface area contributed by atoms with Crippen molar-refractivity contribution >= 4 is 11.7 Å². The fourth-order valence-electron chi connectivity index (χ4n) is 1.55. The maximum Gasteiger partial charge on any atom is 0.416 e. The van der Waals surface area contributed by atoms with E-state index in [4.69, 9.17) is 9.84 Å². The Bertz CT molecular complexity index is 494. The highest BCUT2D eigenvalue weighted by molar-refractivity contribution is 5.89. The number of carbonyl (C=O) groups is 1. The SMILES string of the molecule is CCCOc1cccc(NC(=O)N(C)CC(O)C(F)(F)F)c1. The van der Waals surface area contributed by atoms with Crippen molar-refractivity contribution in [1.29, 1.82) is 0 Å². The van der Waals surface area contributed by atoms with Gasteiger partial charge in [-0.25, -0.2) is 4.79 Å². The molecule has 0 aromatic heterocycles. The fourth-order valence-corrected chi connectivity index (χ4v) is 1.55. The molecule has 5 nitrogen and oxygen atoms in total. The highest BCUT2D eigenvalue weighted by Crippen LogP contribution is 2.21. The molecule has 0 aliphatic rings. The molecule has 124 valence electrons. The van der Waals surface area contributed by atoms with Crippen LogP contribution in [-0.2, 0) is 0 Å². The quantitative estimate of drug-likeness (QED) is 0.847. The second kappa shape index (κ2) is 7.88. The molecule has 0 saturated heterocycles. The van der Waals surface area contributed by atoms with Gasteiger partial charge in [0, 0.05) is 18.8 Å². The summed E-state index contributed by atoms with van der Waals surface area (Å²) in [5, 5.41) is 11.4. The van der Waals surface area contributed by atoms with Gasteiger partial charge in [-0.05, 0) is 18.6 Å². The zero-order valence-electron chi connectivity index (χ0n) is 12.4. The van der Waals surface area contributed by atoms with Crippen LogP contribution in [-0.4, -0.2) is 48.5 Å². The third-order valence-electron chi connectivity index (χ3n) is 2.73. The molecule has 0 spiro atoms. The Kier molecular flexibility index (Phi) is 6.48. The minimum atomic E-state index is -4.76. The molecular weight excluding hydrogens is 301 g/mol. The average molecular weight is 320 g/mol. The Morgan fingerprint density at radius 2 is 2.14 bits per heavy atom. The second-order valence-corrected chi connectivity index (χ2v) is 4.74. The Balaban J connectivity index is 2.60. The van der Waals surface area contributed by atoms with E-state index in [1.54, 1.807) is 24.3 Å². The number of alkyl halides is 3. The smallest absolute Gasteiger partial charge is 0.416 e. The molecule has 22 heavy (non-hydrogen) atoms. The predicted molar refractivity (Wildman–Crippen MR) is 75.9 cm³/mol. The van der Waals surface area contributed by atoms with Gasteiger partial charge in [0.2, 0.25) is 0 Å². The van der Waals surface area contributed by atoms with Gasteiger partial charge in [0.15, 0.2) is 6.10 Å². The van der Waals surface area contributed by atoms with Crippen LogP contribution in [0.1, 0.15) is 13.3 Å². The summed E-state index contributed by atoms with van der Waals surface area (Å²) in [5.74, 6) is 0.553. The van der Waals surface area contributed by atoms with Crippen molar-refractivity contribution in [2.24, 2.45) is 0 Å². The number of aliphatic hydroxyl groups is 1. The van der Waals surface area contributed by atoms with E-state index in [-0.39, 0.29) is 0 Å². The number of nitrogens with one attached hydrogen (secondary N) is 1. The highest BCUT2D eigenvalue weighted by Gasteiger charge is 2.39. The van der Waals surface area contributed by atoms with Crippen LogP contribution < -0.4 is 10.1 Å². The first-order chi connectivity index (χ1) is 10.2. The van der Waals surface area contributed by atoms with Crippen molar-refractivity contribution in [3.8, 4) is 5.75 Å². The summed E-state index contributed by atoms with van der Waals surface area (Å²) in [6, 6.07) is 5.77. The minimum absolute atomic E-state index is 0.395. The number of hydrogen-bond donors (Lipinski definition) is 2. The van der Waals surface area contributed by atoms with E-state index in [0.717, 1.165) is 11.3 Å². The van der Waals surface area contributed by atoms with Gasteiger partial charge >= 0.3 is 12.2 Å². The van der Waals surface area contributed by atoms with Crippen molar-refractivity contribution in [3.05, 3.63) is 24.3 Å². The molecule has 0 saturated carbocycles. The second-order valence-electron chi connectivity index (χ2n) is 4.74. The largest absolute Gasteiger partial charge is 0.494 e. The Morgan fingerprint density at radius 3 is 2.73 bits per heavy atom. The third-order valence-corrected chi connectivity index (χ3v) is 2.73. The molecular formula is C14H19F3N2O3. The molecule has 2 amide bonds. The van der Waals surface area contributed by atoms with Crippen LogP contribution in [0.3, 0.4) is 0 Å². The van der Waals surface area contributed by atoms with E-state index in [0.29, 0.717) is 18.0 Å². The minimum Gasteiger partial charge on any atom is -0.494 e. The van der Waals surface area contributed by atoms with E-state index in [1.165, 1.54) is 7.05 Å². The maximum absolute atomic E-state index is 12.2. The maximum atomic E-state index is 12.2. The lowest BCUT2D eigenvalue weighted by molar-refractivity contribution is -0.205. The first-order valence-electron chi connectivity index (χ1n) is 6.73. The highest BCUT2D eigenvalue weighted by atomic mass is 19.4. The van der Waals surface area contributed by atoms with Crippen LogP contribution in [0.4, 0.5) is 23.7 Å². The van der Waals surface area contributed by atoms with Crippen molar-refractivity contribution < 1.29 is 27.8 Å². The van der Waals surface area contributed by atoms with Gasteiger partial charge in [-0.3, -0.25) is 0 Å². The van der Waals surface area contributed by atoms with Gasteiger partial charge in [0.1, 0.15) is 5.75 Å². The lowest BCUT2D eigenvalue weighted by Crippen LogP contribution is -2.43. The standard InChI is InChI=1S/C14H19F3N2O3/c1-3-7-22-11-6-4-5-10(8-11)18-13(21)19(2)9-12(20)14(15,16)17/h4-6,8,12,20H,3,7,9H2,1-2H3,(H,18,21). The Hall–Kier alpha value is -1.96. The van der Waals surface area contributed by atoms with E-state index in [9.17, 15) is 18.0 Å². The van der Waals surface area contributed by atoms with Gasteiger partial charge in [-0.1, -0.05) is 13.0 Å². The summed E-state index contributed by atoms with van der Waals surface area (Å²) in [6.07, 6.45) is -6.51. The number of aliphatic hydroxyl groups excluding tert-OH is 1. The number of halogens is 3. The molecule has 1 atom stereocenters. The normalized spacial score (nSPS) is 12.6. The topological polar surface area (TPSA) is 61.8 Å². The predicted octanol–water partition coefficient (Wildman–Crippen LogP) is 2.86. The van der Waals surface area contributed by atoms with Crippen LogP contribution in [0.25, 0.3) is 0 Å². The summed E-state index contributed by atoms with van der Waals surface area (Å²) in [6.45, 7) is 1.63. The van der Waals surface area contributed by atoms with E-state index >= 15 is 0 Å². The number of nitrogens with zero attached hydrogens (tertiary/aromatic N) is 1. The molecule has 2 N–H and O–H groups in total. The molecule has 0 aliphatic heterocycles. The summed E-state index contributed by atoms with van der Waals surface area (Å²) in [4.78, 5) is 12.6. The molecule has 0 aliphatic carbocycles. The average Bonchev–Trinajstić information content (AvgIpc) is 2.44. The van der Waals surface area contributed by atoms with Crippen molar-refractivity contribution in [2.45, 2.75) is 25.6 Å². The van der Waals surface area contributed by atoms with Gasteiger partial charge in [-0.2, -0.15) is 13.2 Å². The monoisotopic (exact) mass is 320 g/mol. The molecule has 0 radical (unpaired) electrons. The number of likely N-dealkylation sites (N-methyl/N-ethyl adjacent to an activating group) is 1. The number of carbonyl (C=O) groups excluding carboxylic acids is 1. The third kappa shape index (κ3) is 5.80. The molecule has 0 fully saturated rings. The molecule has 0 heterocycles. The molecule has 0 bridgehead atoms. The van der Waals surface area contributed by atoms with E-state index < -0.39 is 24.9 Å². The lowest BCUT2D eigenvalue weighted by atomic mass is 10.3. The fraction of sp³-hybridized carbons (Fsp3) is 0.500. The zero-order valence-corrected chi connectivity index (χ0v) is 12.4. The van der Waals surface area contributed by atoms with Crippen LogP contribution in [0.2, 0.25) is 0 Å². The first kappa shape index (κ1) is 18.1. The van der Waals surface area contributed by atoms with Crippen LogP contribution >= 0.6 is 0 Å². The molecule has 1 aromatic rings. The van der Waals surface area contributed by atoms with Gasteiger partial charge in [0.05, 0.1) is 13.2 Å². The number of hydrogen-bond acceptors (Lipinski definition) is 3. The Labute approximate surface area is 126 Å². The van der Waals surface area contributed by atoms with Crippen LogP contribution in [0.15, 0.2) is 24.3 Å². The van der Waals surface area contributed by atoms with Crippen LogP contribution in [0, 0.1) is 0 Å². The summed E-state index contributed by atoms with van der Waals surface area (Å²) >= 11 is 0. The number of ether oxygens (including phenoxy) is 1. The van der Waals surface area contributed by atoms with Gasteiger partial charge in [-0.15, -0.1) is 0 Å². The number of rotatable bonds is 6. The van der Waals surface area contributed by atoms with E-state index in [2.05, 4.69) is 5.32 Å². The lowest BCUT2D eigenvalue weighted by Gasteiger charge is -2.22. The number of anilines is 1. The molecule has 8 heteroatoms. The Morgan fingerprint density at radius 1 is 1.45 bits per heavy atom. The molecule has 1 aromatic carbocycles. The molecule has 1 rings (SSSR count). The van der Waals surface area contributed by atoms with Gasteiger partial charge in [0.25, 0.3) is 0 Å². The van der Waals surface area contributed by atoms with Gasteiger partial charge < -0.3 is 20.1 Å². The summed E-state index contributed by atoms with van der Waals surface area (Å²) in [5.41, 5.74) is 0.395. The van der Waals surface area contributed by atoms with Crippen molar-refractivity contribution in [3.63, 3.8) is 0 Å². The first-order valence-corrected chi connectivity index (χ1v) is 6.73. The summed E-state index contributed by atoms with van der Waals surface area (Å²) in [7, 11) is 1.17. The summed E-state index contributed by atoms with van der Waals surface area (Å²) < 4.78 is 42.1. The molecule has 1 unspecified atom stereocenters. The number of amides is 2.